The second-order valence-corrected chi connectivity index (χ2v) is 12.5. The lowest BCUT2D eigenvalue weighted by Gasteiger charge is -2.30. The van der Waals surface area contributed by atoms with Gasteiger partial charge in [-0.25, -0.2) is 9.82 Å². The van der Waals surface area contributed by atoms with Gasteiger partial charge in [0.15, 0.2) is 5.96 Å². The van der Waals surface area contributed by atoms with Gasteiger partial charge in [0, 0.05) is 29.3 Å². The molecule has 4 fully saturated rings. The summed E-state index contributed by atoms with van der Waals surface area (Å²) in [6, 6.07) is 0.267. The highest BCUT2D eigenvalue weighted by Crippen LogP contribution is 2.39. The third kappa shape index (κ3) is 8.32. The van der Waals surface area contributed by atoms with Crippen molar-refractivity contribution in [3.63, 3.8) is 0 Å². The molecule has 212 valence electrons. The maximum absolute atomic E-state index is 13.7. The van der Waals surface area contributed by atoms with Crippen LogP contribution in [0.15, 0.2) is 4.99 Å². The first-order valence-corrected chi connectivity index (χ1v) is 14.6. The van der Waals surface area contributed by atoms with Gasteiger partial charge in [0.25, 0.3) is 0 Å². The molecule has 1 amide bonds. The van der Waals surface area contributed by atoms with Crippen molar-refractivity contribution in [1.29, 1.82) is 0 Å². The zero-order chi connectivity index (χ0) is 26.6. The van der Waals surface area contributed by atoms with Gasteiger partial charge < -0.3 is 5.32 Å². The van der Waals surface area contributed by atoms with Crippen LogP contribution in [0.2, 0.25) is 0 Å². The number of hydrazine groups is 1. The van der Waals surface area contributed by atoms with Crippen molar-refractivity contribution in [3.05, 3.63) is 0 Å². The van der Waals surface area contributed by atoms with Gasteiger partial charge in [-0.1, -0.05) is 0 Å². The van der Waals surface area contributed by atoms with Crippen molar-refractivity contribution >= 4 is 35.1 Å². The summed E-state index contributed by atoms with van der Waals surface area (Å²) >= 11 is 12.6. The Morgan fingerprint density at radius 1 is 0.919 bits per heavy atom. The number of halogens is 6. The normalized spacial score (nSPS) is 39.8. The lowest BCUT2D eigenvalue weighted by atomic mass is 9.81. The molecule has 6 nitrogen and oxygen atoms in total. The van der Waals surface area contributed by atoms with E-state index >= 15 is 0 Å². The van der Waals surface area contributed by atoms with Crippen molar-refractivity contribution in [1.82, 2.24) is 21.5 Å². The van der Waals surface area contributed by atoms with Crippen molar-refractivity contribution < 1.29 is 22.4 Å². The molecule has 1 aliphatic heterocycles. The molecule has 0 aromatic rings. The standard InChI is InChI=1S/C25H39Cl2F4N5O/c26-18-8-3-14(4-9-18)21-12-22(36-35-21)33-24(32-13-16-5-10-19(28)11-20(16)27)34-23(37)15-1-6-17(7-2-15)25(29,30)31/h14-22,35-36H,1-13H2,(H2,32,33,34,37). The summed E-state index contributed by atoms with van der Waals surface area (Å²) in [6.45, 7) is 0.341. The van der Waals surface area contributed by atoms with E-state index in [2.05, 4.69) is 26.5 Å². The second-order valence-electron chi connectivity index (χ2n) is 11.3. The second kappa shape index (κ2) is 13.0. The first-order chi connectivity index (χ1) is 17.6. The smallest absolute Gasteiger partial charge is 0.339 e. The molecule has 37 heavy (non-hydrogen) atoms. The molecule has 12 heteroatoms. The Hall–Kier alpha value is -0.840. The number of carbonyl (C=O) groups is 1. The van der Waals surface area contributed by atoms with Crippen LogP contribution in [0.3, 0.4) is 0 Å². The lowest BCUT2D eigenvalue weighted by molar-refractivity contribution is -0.184. The minimum atomic E-state index is -4.22. The SMILES string of the molecule is O=C(NC(=NCC1CCC(F)CC1Cl)NC1CC(C2CCC(Cl)CC2)NN1)C1CCC(C(F)(F)F)CC1. The van der Waals surface area contributed by atoms with Crippen LogP contribution in [-0.2, 0) is 4.79 Å². The molecule has 4 N–H and O–H groups in total. The van der Waals surface area contributed by atoms with Crippen molar-refractivity contribution in [2.24, 2.45) is 28.7 Å². The first-order valence-electron chi connectivity index (χ1n) is 13.7. The van der Waals surface area contributed by atoms with E-state index in [0.717, 1.165) is 32.1 Å². The number of guanidine groups is 1. The molecular weight excluding hydrogens is 533 g/mol. The minimum Gasteiger partial charge on any atom is -0.339 e. The summed E-state index contributed by atoms with van der Waals surface area (Å²) in [5, 5.41) is 6.05. The van der Waals surface area contributed by atoms with Gasteiger partial charge >= 0.3 is 6.18 Å². The Morgan fingerprint density at radius 2 is 1.62 bits per heavy atom. The van der Waals surface area contributed by atoms with E-state index in [0.29, 0.717) is 37.7 Å². The van der Waals surface area contributed by atoms with Crippen molar-refractivity contribution in [2.45, 2.75) is 112 Å². The molecule has 4 aliphatic rings. The molecule has 1 heterocycles. The van der Waals surface area contributed by atoms with Crippen LogP contribution in [-0.4, -0.2) is 53.7 Å². The highest BCUT2D eigenvalue weighted by atomic mass is 35.5. The highest BCUT2D eigenvalue weighted by Gasteiger charge is 2.42. The van der Waals surface area contributed by atoms with Crippen LogP contribution < -0.4 is 21.5 Å². The van der Waals surface area contributed by atoms with Gasteiger partial charge in [-0.3, -0.25) is 20.5 Å². The van der Waals surface area contributed by atoms with E-state index in [-0.39, 0.29) is 60.5 Å². The average molecular weight is 573 g/mol. The van der Waals surface area contributed by atoms with Gasteiger partial charge in [-0.05, 0) is 88.9 Å². The van der Waals surface area contributed by atoms with Crippen molar-refractivity contribution in [3.8, 4) is 0 Å². The van der Waals surface area contributed by atoms with Gasteiger partial charge in [0.05, 0.1) is 12.1 Å². The number of amides is 1. The van der Waals surface area contributed by atoms with E-state index in [1.165, 1.54) is 0 Å². The third-order valence-electron chi connectivity index (χ3n) is 8.64. The van der Waals surface area contributed by atoms with Crippen LogP contribution in [0.4, 0.5) is 17.6 Å². The molecule has 4 rings (SSSR count). The number of nitrogens with zero attached hydrogens (tertiary/aromatic N) is 1. The minimum absolute atomic E-state index is 0.00209. The lowest BCUT2D eigenvalue weighted by Crippen LogP contribution is -2.52. The first kappa shape index (κ1) is 29.2. The molecule has 1 saturated heterocycles. The van der Waals surface area contributed by atoms with Crippen molar-refractivity contribution in [2.75, 3.05) is 6.54 Å². The summed E-state index contributed by atoms with van der Waals surface area (Å²) in [4.78, 5) is 17.6. The van der Waals surface area contributed by atoms with E-state index in [4.69, 9.17) is 23.2 Å². The predicted octanol–water partition coefficient (Wildman–Crippen LogP) is 5.15. The van der Waals surface area contributed by atoms with Gasteiger partial charge in [0.1, 0.15) is 6.17 Å². The molecular formula is C25H39Cl2F4N5O. The predicted molar refractivity (Wildman–Crippen MR) is 137 cm³/mol. The molecule has 3 saturated carbocycles. The van der Waals surface area contributed by atoms with Gasteiger partial charge in [-0.2, -0.15) is 13.2 Å². The topological polar surface area (TPSA) is 77.5 Å². The van der Waals surface area contributed by atoms with Crippen LogP contribution >= 0.6 is 23.2 Å². The molecule has 0 spiro atoms. The van der Waals surface area contributed by atoms with E-state index in [9.17, 15) is 22.4 Å². The Kier molecular flexibility index (Phi) is 10.2. The maximum atomic E-state index is 13.7. The van der Waals surface area contributed by atoms with E-state index < -0.39 is 24.2 Å². The number of hydrogen-bond acceptors (Lipinski definition) is 4. The summed E-state index contributed by atoms with van der Waals surface area (Å²) < 4.78 is 52.8. The van der Waals surface area contributed by atoms with Gasteiger partial charge in [-0.15, -0.1) is 23.2 Å². The fourth-order valence-electron chi connectivity index (χ4n) is 6.20. The zero-order valence-corrected chi connectivity index (χ0v) is 22.5. The molecule has 0 aromatic heterocycles. The number of carbonyl (C=O) groups excluding carboxylic acids is 1. The number of rotatable bonds is 5. The number of nitrogens with one attached hydrogen (secondary N) is 4. The molecule has 3 aliphatic carbocycles. The van der Waals surface area contributed by atoms with Crippen LogP contribution in [0.1, 0.15) is 77.0 Å². The fraction of sp³-hybridized carbons (Fsp3) is 0.920. The summed E-state index contributed by atoms with van der Waals surface area (Å²) in [6.07, 6.45) is 1.30. The van der Waals surface area contributed by atoms with Crippen LogP contribution in [0, 0.1) is 23.7 Å². The van der Waals surface area contributed by atoms with Gasteiger partial charge in [0.2, 0.25) is 5.91 Å². The summed E-state index contributed by atoms with van der Waals surface area (Å²) in [5.41, 5.74) is 6.60. The van der Waals surface area contributed by atoms with E-state index in [1.807, 2.05) is 0 Å². The van der Waals surface area contributed by atoms with Crippen LogP contribution in [0.5, 0.6) is 0 Å². The molecule has 0 radical (unpaired) electrons. The summed E-state index contributed by atoms with van der Waals surface area (Å²) in [7, 11) is 0. The molecule has 0 bridgehead atoms. The zero-order valence-electron chi connectivity index (χ0n) is 21.0. The maximum Gasteiger partial charge on any atom is 0.391 e. The Bertz CT molecular complexity index is 788. The molecule has 5 atom stereocenters. The Morgan fingerprint density at radius 3 is 2.27 bits per heavy atom. The molecule has 5 unspecified atom stereocenters. The fourth-order valence-corrected chi connectivity index (χ4v) is 6.85. The number of hydrogen-bond donors (Lipinski definition) is 4. The largest absolute Gasteiger partial charge is 0.391 e. The third-order valence-corrected chi connectivity index (χ3v) is 9.61. The van der Waals surface area contributed by atoms with E-state index in [1.54, 1.807) is 0 Å². The number of aliphatic imine (C=N–C) groups is 1. The number of alkyl halides is 6. The summed E-state index contributed by atoms with van der Waals surface area (Å²) in [5.74, 6) is -1.34. The quantitative estimate of drug-likeness (QED) is 0.159. The van der Waals surface area contributed by atoms with Crippen LogP contribution in [0.25, 0.3) is 0 Å². The Balaban J connectivity index is 1.35. The highest BCUT2D eigenvalue weighted by molar-refractivity contribution is 6.21. The monoisotopic (exact) mass is 571 g/mol. The Labute approximate surface area is 226 Å². The average Bonchev–Trinajstić information content (AvgIpc) is 3.31. The molecule has 0 aromatic carbocycles.